The molecule has 80 valence electrons. The predicted octanol–water partition coefficient (Wildman–Crippen LogP) is -1.07. The molecule has 1 heterocycles. The first-order valence-electron chi connectivity index (χ1n) is 4.02. The van der Waals surface area contributed by atoms with E-state index >= 15 is 0 Å². The summed E-state index contributed by atoms with van der Waals surface area (Å²) in [4.78, 5) is 39.3. The molecule has 1 aromatic heterocycles. The van der Waals surface area contributed by atoms with Crippen molar-refractivity contribution in [2.45, 2.75) is 0 Å². The van der Waals surface area contributed by atoms with Crippen LogP contribution in [0.3, 0.4) is 0 Å². The fraction of sp³-hybridized carbons (Fsp3) is 0.250. The standard InChI is InChI=1S/C8H9N3O4/c1-11(4-7(13)14)8(15)5-2-10-6(12)3-9-5/h2-3H,4H2,1H3,(H,10,12)(H,13,14). The predicted molar refractivity (Wildman–Crippen MR) is 49.5 cm³/mol. The van der Waals surface area contributed by atoms with E-state index in [0.29, 0.717) is 0 Å². The molecular formula is C8H9N3O4. The zero-order valence-electron chi connectivity index (χ0n) is 7.93. The highest BCUT2D eigenvalue weighted by molar-refractivity contribution is 5.93. The smallest absolute Gasteiger partial charge is 0.323 e. The maximum Gasteiger partial charge on any atom is 0.323 e. The zero-order valence-corrected chi connectivity index (χ0v) is 7.93. The van der Waals surface area contributed by atoms with Crippen molar-refractivity contribution in [2.24, 2.45) is 0 Å². The van der Waals surface area contributed by atoms with Gasteiger partial charge in [0.1, 0.15) is 12.2 Å². The Morgan fingerprint density at radius 3 is 2.73 bits per heavy atom. The molecule has 0 aliphatic carbocycles. The van der Waals surface area contributed by atoms with E-state index in [1.54, 1.807) is 0 Å². The first kappa shape index (κ1) is 10.9. The van der Waals surface area contributed by atoms with Crippen LogP contribution in [-0.4, -0.2) is 45.4 Å². The van der Waals surface area contributed by atoms with Crippen molar-refractivity contribution in [3.8, 4) is 0 Å². The summed E-state index contributed by atoms with van der Waals surface area (Å²) in [5, 5.41) is 8.45. The van der Waals surface area contributed by atoms with Gasteiger partial charge in [0.15, 0.2) is 0 Å². The molecule has 2 N–H and O–H groups in total. The number of hydrogen-bond donors (Lipinski definition) is 2. The van der Waals surface area contributed by atoms with Crippen LogP contribution in [-0.2, 0) is 4.79 Å². The van der Waals surface area contributed by atoms with Gasteiger partial charge in [-0.2, -0.15) is 0 Å². The maximum absolute atomic E-state index is 11.5. The number of amides is 1. The number of hydrogen-bond acceptors (Lipinski definition) is 4. The van der Waals surface area contributed by atoms with Gasteiger partial charge in [-0.1, -0.05) is 0 Å². The van der Waals surface area contributed by atoms with Gasteiger partial charge in [-0.3, -0.25) is 14.4 Å². The third kappa shape index (κ3) is 2.90. The number of aromatic nitrogens is 2. The summed E-state index contributed by atoms with van der Waals surface area (Å²) in [6.45, 7) is -0.417. The Morgan fingerprint density at radius 1 is 1.60 bits per heavy atom. The molecule has 7 nitrogen and oxygen atoms in total. The number of carboxylic acid groups (broad SMARTS) is 1. The minimum Gasteiger partial charge on any atom is -0.480 e. The number of carboxylic acids is 1. The zero-order chi connectivity index (χ0) is 11.4. The molecule has 1 amide bonds. The van der Waals surface area contributed by atoms with Gasteiger partial charge in [0.25, 0.3) is 11.5 Å². The second-order valence-electron chi connectivity index (χ2n) is 2.85. The molecule has 0 atom stereocenters. The summed E-state index contributed by atoms with van der Waals surface area (Å²) in [5.74, 6) is -1.68. The van der Waals surface area contributed by atoms with Crippen LogP contribution in [0.2, 0.25) is 0 Å². The van der Waals surface area contributed by atoms with Crippen LogP contribution < -0.4 is 5.56 Å². The molecule has 1 aromatic rings. The molecular weight excluding hydrogens is 202 g/mol. The number of nitrogens with zero attached hydrogens (tertiary/aromatic N) is 2. The highest BCUT2D eigenvalue weighted by Crippen LogP contribution is 1.95. The molecule has 0 aliphatic rings. The molecule has 1 rings (SSSR count). The number of carbonyl (C=O) groups is 2. The number of carbonyl (C=O) groups excluding carboxylic acids is 1. The van der Waals surface area contributed by atoms with Crippen molar-refractivity contribution in [3.05, 3.63) is 28.4 Å². The molecule has 15 heavy (non-hydrogen) atoms. The van der Waals surface area contributed by atoms with Crippen LogP contribution in [0.15, 0.2) is 17.2 Å². The second kappa shape index (κ2) is 4.36. The Balaban J connectivity index is 2.80. The van der Waals surface area contributed by atoms with E-state index < -0.39 is 24.0 Å². The van der Waals surface area contributed by atoms with Crippen LogP contribution in [0.1, 0.15) is 10.5 Å². The largest absolute Gasteiger partial charge is 0.480 e. The lowest BCUT2D eigenvalue weighted by molar-refractivity contribution is -0.137. The lowest BCUT2D eigenvalue weighted by atomic mass is 10.4. The molecule has 0 bridgehead atoms. The quantitative estimate of drug-likeness (QED) is 0.662. The van der Waals surface area contributed by atoms with Crippen LogP contribution in [0, 0.1) is 0 Å². The molecule has 0 fully saturated rings. The highest BCUT2D eigenvalue weighted by Gasteiger charge is 2.15. The van der Waals surface area contributed by atoms with E-state index in [2.05, 4.69) is 9.97 Å². The topological polar surface area (TPSA) is 103 Å². The van der Waals surface area contributed by atoms with Crippen molar-refractivity contribution in [1.82, 2.24) is 14.9 Å². The van der Waals surface area contributed by atoms with E-state index in [4.69, 9.17) is 5.11 Å². The van der Waals surface area contributed by atoms with Gasteiger partial charge in [-0.05, 0) is 0 Å². The maximum atomic E-state index is 11.5. The van der Waals surface area contributed by atoms with Crippen LogP contribution in [0.5, 0.6) is 0 Å². The second-order valence-corrected chi connectivity index (χ2v) is 2.85. The monoisotopic (exact) mass is 211 g/mol. The lowest BCUT2D eigenvalue weighted by Crippen LogP contribution is -2.32. The Bertz CT molecular complexity index is 419. The van der Waals surface area contributed by atoms with Crippen molar-refractivity contribution >= 4 is 11.9 Å². The number of aromatic amines is 1. The van der Waals surface area contributed by atoms with E-state index in [1.807, 2.05) is 0 Å². The van der Waals surface area contributed by atoms with Crippen molar-refractivity contribution in [2.75, 3.05) is 13.6 Å². The van der Waals surface area contributed by atoms with Crippen molar-refractivity contribution < 1.29 is 14.7 Å². The molecule has 0 aliphatic heterocycles. The Hall–Kier alpha value is -2.18. The van der Waals surface area contributed by atoms with Gasteiger partial charge >= 0.3 is 5.97 Å². The number of nitrogens with one attached hydrogen (secondary N) is 1. The molecule has 0 saturated heterocycles. The molecule has 0 radical (unpaired) electrons. The molecule has 0 spiro atoms. The van der Waals surface area contributed by atoms with E-state index in [9.17, 15) is 14.4 Å². The Kier molecular flexibility index (Phi) is 3.17. The van der Waals surface area contributed by atoms with Gasteiger partial charge in [0.05, 0.1) is 6.20 Å². The molecule has 0 saturated carbocycles. The summed E-state index contributed by atoms with van der Waals surface area (Å²) < 4.78 is 0. The third-order valence-electron chi connectivity index (χ3n) is 1.61. The van der Waals surface area contributed by atoms with E-state index in [0.717, 1.165) is 17.3 Å². The first-order chi connectivity index (χ1) is 7.00. The van der Waals surface area contributed by atoms with E-state index in [-0.39, 0.29) is 5.69 Å². The fourth-order valence-corrected chi connectivity index (χ4v) is 0.929. The van der Waals surface area contributed by atoms with Crippen LogP contribution >= 0.6 is 0 Å². The highest BCUT2D eigenvalue weighted by atomic mass is 16.4. The average molecular weight is 211 g/mol. The summed E-state index contributed by atoms with van der Waals surface area (Å²) in [6, 6.07) is 0. The van der Waals surface area contributed by atoms with Crippen molar-refractivity contribution in [1.29, 1.82) is 0 Å². The molecule has 0 aromatic carbocycles. The Labute approximate surface area is 84.4 Å². The van der Waals surface area contributed by atoms with Gasteiger partial charge in [0, 0.05) is 13.2 Å². The minimum atomic E-state index is -1.12. The van der Waals surface area contributed by atoms with E-state index in [1.165, 1.54) is 7.05 Å². The van der Waals surface area contributed by atoms with Gasteiger partial charge in [-0.25, -0.2) is 4.98 Å². The number of H-pyrrole nitrogens is 1. The minimum absolute atomic E-state index is 0.00153. The Morgan fingerprint density at radius 2 is 2.27 bits per heavy atom. The van der Waals surface area contributed by atoms with Crippen LogP contribution in [0.4, 0.5) is 0 Å². The van der Waals surface area contributed by atoms with Gasteiger partial charge in [-0.15, -0.1) is 0 Å². The summed E-state index contributed by atoms with van der Waals surface area (Å²) >= 11 is 0. The molecule has 7 heteroatoms. The average Bonchev–Trinajstić information content (AvgIpc) is 2.17. The third-order valence-corrected chi connectivity index (χ3v) is 1.61. The van der Waals surface area contributed by atoms with Crippen molar-refractivity contribution in [3.63, 3.8) is 0 Å². The fourth-order valence-electron chi connectivity index (χ4n) is 0.929. The van der Waals surface area contributed by atoms with Crippen LogP contribution in [0.25, 0.3) is 0 Å². The molecule has 0 unspecified atom stereocenters. The summed E-state index contributed by atoms with van der Waals surface area (Å²) in [7, 11) is 1.34. The van der Waals surface area contributed by atoms with Gasteiger partial charge < -0.3 is 15.0 Å². The number of aliphatic carboxylic acids is 1. The SMILES string of the molecule is CN(CC(=O)O)C(=O)c1c[nH]c(=O)cn1. The number of rotatable bonds is 3. The normalized spacial score (nSPS) is 9.67. The first-order valence-corrected chi connectivity index (χ1v) is 4.02. The number of likely N-dealkylation sites (N-methyl/N-ethyl adjacent to an activating group) is 1. The summed E-state index contributed by atoms with van der Waals surface area (Å²) in [5.41, 5.74) is -0.425. The lowest BCUT2D eigenvalue weighted by Gasteiger charge is -2.12. The summed E-state index contributed by atoms with van der Waals surface area (Å²) in [6.07, 6.45) is 2.10. The van der Waals surface area contributed by atoms with Gasteiger partial charge in [0.2, 0.25) is 0 Å².